The number of hydrogen-bond acceptors (Lipinski definition) is 6. The molecule has 4 N–H and O–H groups in total. The third kappa shape index (κ3) is 3.00. The lowest BCUT2D eigenvalue weighted by atomic mass is 10.2. The van der Waals surface area contributed by atoms with Gasteiger partial charge in [-0.2, -0.15) is 0 Å². The predicted molar refractivity (Wildman–Crippen MR) is 82.0 cm³/mol. The number of thiophene rings is 1. The van der Waals surface area contributed by atoms with Crippen LogP contribution in [0.3, 0.4) is 0 Å². The van der Waals surface area contributed by atoms with Crippen molar-refractivity contribution >= 4 is 33.7 Å². The summed E-state index contributed by atoms with van der Waals surface area (Å²) in [5.74, 6) is -0.0502. The van der Waals surface area contributed by atoms with Gasteiger partial charge >= 0.3 is 0 Å². The normalized spacial score (nSPS) is 18.3. The fraction of sp³-hybridized carbons (Fsp3) is 0.385. The van der Waals surface area contributed by atoms with Crippen molar-refractivity contribution in [1.82, 2.24) is 15.6 Å². The third-order valence-corrected chi connectivity index (χ3v) is 5.17. The van der Waals surface area contributed by atoms with Crippen LogP contribution in [0.4, 0.5) is 5.13 Å². The summed E-state index contributed by atoms with van der Waals surface area (Å²) in [6.45, 7) is 1.48. The van der Waals surface area contributed by atoms with Crippen LogP contribution in [-0.4, -0.2) is 17.4 Å². The average Bonchev–Trinajstić information content (AvgIpc) is 3.16. The first-order chi connectivity index (χ1) is 9.72. The molecule has 1 aliphatic rings. The van der Waals surface area contributed by atoms with Crippen LogP contribution in [0, 0.1) is 0 Å². The van der Waals surface area contributed by atoms with Crippen LogP contribution in [0.5, 0.6) is 0 Å². The Morgan fingerprint density at radius 1 is 1.55 bits per heavy atom. The fourth-order valence-electron chi connectivity index (χ4n) is 2.25. The minimum absolute atomic E-state index is 0.0502. The van der Waals surface area contributed by atoms with Crippen molar-refractivity contribution < 1.29 is 4.79 Å². The molecule has 1 fully saturated rings. The molecule has 1 saturated heterocycles. The van der Waals surface area contributed by atoms with Gasteiger partial charge in [0.2, 0.25) is 0 Å². The van der Waals surface area contributed by atoms with E-state index in [2.05, 4.69) is 15.6 Å². The molecule has 106 valence electrons. The van der Waals surface area contributed by atoms with E-state index in [9.17, 15) is 4.79 Å². The van der Waals surface area contributed by atoms with Crippen molar-refractivity contribution in [2.75, 3.05) is 12.3 Å². The molecule has 0 spiro atoms. The van der Waals surface area contributed by atoms with Gasteiger partial charge in [-0.25, -0.2) is 4.98 Å². The second kappa shape index (κ2) is 5.90. The molecule has 2 aromatic heterocycles. The molecule has 2 aromatic rings. The van der Waals surface area contributed by atoms with Crippen LogP contribution in [0.1, 0.15) is 39.1 Å². The number of anilines is 1. The number of carbonyl (C=O) groups excluding carboxylic acids is 1. The minimum Gasteiger partial charge on any atom is -0.375 e. The number of hydrogen-bond donors (Lipinski definition) is 3. The number of nitrogens with zero attached hydrogens (tertiary/aromatic N) is 1. The molecule has 7 heteroatoms. The van der Waals surface area contributed by atoms with Gasteiger partial charge < -0.3 is 16.4 Å². The maximum absolute atomic E-state index is 12.1. The van der Waals surface area contributed by atoms with E-state index in [1.54, 1.807) is 11.3 Å². The van der Waals surface area contributed by atoms with E-state index in [1.165, 1.54) is 22.6 Å². The molecular weight excluding hydrogens is 292 g/mol. The van der Waals surface area contributed by atoms with Crippen LogP contribution < -0.4 is 16.4 Å². The standard InChI is InChI=1S/C13H16N4OS2/c14-13-17-8(7-19-13)6-16-12(18)11-4-3-10(20-11)9-2-1-5-15-9/h3-4,7,9,15H,1-2,5-6H2,(H2,14,17)(H,16,18). The summed E-state index contributed by atoms with van der Waals surface area (Å²) < 4.78 is 0. The van der Waals surface area contributed by atoms with Gasteiger partial charge in [-0.15, -0.1) is 22.7 Å². The highest BCUT2D eigenvalue weighted by Crippen LogP contribution is 2.29. The van der Waals surface area contributed by atoms with Crippen LogP contribution >= 0.6 is 22.7 Å². The van der Waals surface area contributed by atoms with Crippen LogP contribution in [0.15, 0.2) is 17.5 Å². The van der Waals surface area contributed by atoms with E-state index in [4.69, 9.17) is 5.73 Å². The summed E-state index contributed by atoms with van der Waals surface area (Å²) in [6, 6.07) is 4.36. The zero-order chi connectivity index (χ0) is 13.9. The monoisotopic (exact) mass is 308 g/mol. The van der Waals surface area contributed by atoms with Crippen LogP contribution in [0.2, 0.25) is 0 Å². The molecule has 3 rings (SSSR count). The van der Waals surface area contributed by atoms with Gasteiger partial charge in [-0.1, -0.05) is 0 Å². The van der Waals surface area contributed by atoms with Gasteiger partial charge in [0, 0.05) is 16.3 Å². The molecule has 0 aliphatic carbocycles. The second-order valence-electron chi connectivity index (χ2n) is 4.71. The molecule has 1 atom stereocenters. The molecule has 0 aromatic carbocycles. The number of nitrogens with one attached hydrogen (secondary N) is 2. The Labute approximate surface area is 125 Å². The van der Waals surface area contributed by atoms with Gasteiger partial charge in [-0.3, -0.25) is 4.79 Å². The number of nitrogen functional groups attached to an aromatic ring is 1. The first-order valence-electron chi connectivity index (χ1n) is 6.53. The van der Waals surface area contributed by atoms with E-state index in [-0.39, 0.29) is 5.91 Å². The molecule has 1 aliphatic heterocycles. The SMILES string of the molecule is Nc1nc(CNC(=O)c2ccc(C3CCCN3)s2)cs1. The highest BCUT2D eigenvalue weighted by molar-refractivity contribution is 7.14. The number of carbonyl (C=O) groups is 1. The Kier molecular flexibility index (Phi) is 4.00. The first-order valence-corrected chi connectivity index (χ1v) is 8.23. The second-order valence-corrected chi connectivity index (χ2v) is 6.72. The molecular formula is C13H16N4OS2. The van der Waals surface area contributed by atoms with Crippen molar-refractivity contribution in [3.05, 3.63) is 33.0 Å². The first kappa shape index (κ1) is 13.5. The van der Waals surface area contributed by atoms with E-state index >= 15 is 0 Å². The number of nitrogens with two attached hydrogens (primary N) is 1. The van der Waals surface area contributed by atoms with Gasteiger partial charge in [-0.05, 0) is 31.5 Å². The Balaban J connectivity index is 1.59. The van der Waals surface area contributed by atoms with E-state index < -0.39 is 0 Å². The number of rotatable bonds is 4. The van der Waals surface area contributed by atoms with Crippen LogP contribution in [0.25, 0.3) is 0 Å². The number of amides is 1. The predicted octanol–water partition coefficient (Wildman–Crippen LogP) is 2.14. The Bertz CT molecular complexity index is 601. The topological polar surface area (TPSA) is 80.0 Å². The van der Waals surface area contributed by atoms with Crippen molar-refractivity contribution in [3.63, 3.8) is 0 Å². The van der Waals surface area contributed by atoms with Crippen LogP contribution in [-0.2, 0) is 6.54 Å². The molecule has 1 amide bonds. The highest BCUT2D eigenvalue weighted by Gasteiger charge is 2.19. The zero-order valence-corrected chi connectivity index (χ0v) is 12.5. The Morgan fingerprint density at radius 2 is 2.45 bits per heavy atom. The molecule has 0 bridgehead atoms. The quantitative estimate of drug-likeness (QED) is 0.808. The highest BCUT2D eigenvalue weighted by atomic mass is 32.1. The van der Waals surface area contributed by atoms with Gasteiger partial charge in [0.05, 0.1) is 17.1 Å². The summed E-state index contributed by atoms with van der Waals surface area (Å²) in [5.41, 5.74) is 6.36. The van der Waals surface area contributed by atoms with Crippen molar-refractivity contribution in [2.45, 2.75) is 25.4 Å². The number of thiazole rings is 1. The smallest absolute Gasteiger partial charge is 0.261 e. The van der Waals surface area contributed by atoms with Crippen molar-refractivity contribution in [1.29, 1.82) is 0 Å². The van der Waals surface area contributed by atoms with Gasteiger partial charge in [0.25, 0.3) is 5.91 Å². The van der Waals surface area contributed by atoms with Gasteiger partial charge in [0.1, 0.15) is 0 Å². The van der Waals surface area contributed by atoms with E-state index in [1.807, 2.05) is 17.5 Å². The molecule has 3 heterocycles. The molecule has 1 unspecified atom stereocenters. The van der Waals surface area contributed by atoms with E-state index in [0.717, 1.165) is 23.5 Å². The Hall–Kier alpha value is -1.44. The summed E-state index contributed by atoms with van der Waals surface area (Å²) in [4.78, 5) is 18.2. The maximum Gasteiger partial charge on any atom is 0.261 e. The third-order valence-electron chi connectivity index (χ3n) is 3.25. The fourth-order valence-corrected chi connectivity index (χ4v) is 3.85. The molecule has 0 radical (unpaired) electrons. The van der Waals surface area contributed by atoms with Crippen molar-refractivity contribution in [3.8, 4) is 0 Å². The van der Waals surface area contributed by atoms with Gasteiger partial charge in [0.15, 0.2) is 5.13 Å². The molecule has 20 heavy (non-hydrogen) atoms. The number of aromatic nitrogens is 1. The lowest BCUT2D eigenvalue weighted by Gasteiger charge is -2.06. The van der Waals surface area contributed by atoms with E-state index in [0.29, 0.717) is 17.7 Å². The largest absolute Gasteiger partial charge is 0.375 e. The Morgan fingerprint density at radius 3 is 3.15 bits per heavy atom. The average molecular weight is 308 g/mol. The summed E-state index contributed by atoms with van der Waals surface area (Å²) in [7, 11) is 0. The molecule has 5 nitrogen and oxygen atoms in total. The summed E-state index contributed by atoms with van der Waals surface area (Å²) in [6.07, 6.45) is 2.36. The lowest BCUT2D eigenvalue weighted by Crippen LogP contribution is -2.22. The summed E-state index contributed by atoms with van der Waals surface area (Å²) >= 11 is 2.94. The zero-order valence-electron chi connectivity index (χ0n) is 10.9. The maximum atomic E-state index is 12.1. The lowest BCUT2D eigenvalue weighted by molar-refractivity contribution is 0.0954. The van der Waals surface area contributed by atoms with Crippen molar-refractivity contribution in [2.24, 2.45) is 0 Å². The molecule has 0 saturated carbocycles. The summed E-state index contributed by atoms with van der Waals surface area (Å²) in [5, 5.41) is 8.70. The minimum atomic E-state index is -0.0502.